The first-order valence-corrected chi connectivity index (χ1v) is 7.68. The van der Waals surface area contributed by atoms with Crippen molar-refractivity contribution in [2.24, 2.45) is 0 Å². The van der Waals surface area contributed by atoms with E-state index in [-0.39, 0.29) is 11.4 Å². The van der Waals surface area contributed by atoms with Gasteiger partial charge in [-0.25, -0.2) is 0 Å². The Kier molecular flexibility index (Phi) is 5.12. The first kappa shape index (κ1) is 15.1. The van der Waals surface area contributed by atoms with Crippen LogP contribution in [0.3, 0.4) is 0 Å². The van der Waals surface area contributed by atoms with Crippen LogP contribution in [0.15, 0.2) is 22.7 Å². The molecule has 104 valence electrons. The molecule has 0 saturated carbocycles. The Balaban J connectivity index is 2.15. The Morgan fingerprint density at radius 2 is 2.11 bits per heavy atom. The van der Waals surface area contributed by atoms with Gasteiger partial charge < -0.3 is 10.1 Å². The zero-order valence-electron chi connectivity index (χ0n) is 10.2. The third-order valence-corrected chi connectivity index (χ3v) is 4.66. The summed E-state index contributed by atoms with van der Waals surface area (Å²) in [6, 6.07) is 5.09. The molecule has 1 aromatic rings. The molecule has 0 unspecified atom stereocenters. The lowest BCUT2D eigenvalue weighted by Crippen LogP contribution is -2.53. The van der Waals surface area contributed by atoms with Crippen LogP contribution in [0.5, 0.6) is 0 Å². The van der Waals surface area contributed by atoms with Gasteiger partial charge in [0.25, 0.3) is 5.91 Å². The number of alkyl halides is 1. The Bertz CT molecular complexity index is 476. The maximum atomic E-state index is 12.3. The molecule has 1 saturated heterocycles. The summed E-state index contributed by atoms with van der Waals surface area (Å²) >= 11 is 15.2. The molecule has 6 heteroatoms. The van der Waals surface area contributed by atoms with Crippen LogP contribution in [0.25, 0.3) is 0 Å². The highest BCUT2D eigenvalue weighted by molar-refractivity contribution is 9.10. The first-order valence-electron chi connectivity index (χ1n) is 5.98. The third-order valence-electron chi connectivity index (χ3n) is 3.26. The zero-order chi connectivity index (χ0) is 13.9. The fourth-order valence-electron chi connectivity index (χ4n) is 2.04. The molecule has 1 aromatic carbocycles. The molecule has 1 aliphatic rings. The number of amides is 1. The van der Waals surface area contributed by atoms with Crippen LogP contribution < -0.4 is 5.32 Å². The fourth-order valence-corrected chi connectivity index (χ4v) is 3.23. The van der Waals surface area contributed by atoms with Gasteiger partial charge in [0.05, 0.1) is 11.1 Å². The van der Waals surface area contributed by atoms with Gasteiger partial charge in [-0.05, 0) is 47.0 Å². The topological polar surface area (TPSA) is 38.3 Å². The second-order valence-corrected chi connectivity index (χ2v) is 6.16. The number of halogens is 3. The van der Waals surface area contributed by atoms with Crippen molar-refractivity contribution in [3.63, 3.8) is 0 Å². The van der Waals surface area contributed by atoms with Crippen LogP contribution in [-0.4, -0.2) is 30.5 Å². The quantitative estimate of drug-likeness (QED) is 0.829. The zero-order valence-corrected chi connectivity index (χ0v) is 13.3. The second kappa shape index (κ2) is 6.44. The number of carbonyl (C=O) groups is 1. The van der Waals surface area contributed by atoms with E-state index < -0.39 is 0 Å². The summed E-state index contributed by atoms with van der Waals surface area (Å²) in [5.74, 6) is 0.235. The van der Waals surface area contributed by atoms with Crippen molar-refractivity contribution in [3.05, 3.63) is 33.3 Å². The Morgan fingerprint density at radius 1 is 1.42 bits per heavy atom. The molecule has 0 atom stereocenters. The minimum absolute atomic E-state index is 0.147. The van der Waals surface area contributed by atoms with E-state index in [2.05, 4.69) is 21.2 Å². The van der Waals surface area contributed by atoms with Gasteiger partial charge in [-0.1, -0.05) is 11.6 Å². The minimum atomic E-state index is -0.379. The van der Waals surface area contributed by atoms with E-state index in [1.165, 1.54) is 0 Å². The number of carbonyl (C=O) groups excluding carboxylic acids is 1. The number of hydrogen-bond donors (Lipinski definition) is 1. The van der Waals surface area contributed by atoms with E-state index in [1.54, 1.807) is 18.2 Å². The maximum absolute atomic E-state index is 12.3. The van der Waals surface area contributed by atoms with Crippen LogP contribution in [0.4, 0.5) is 0 Å². The van der Waals surface area contributed by atoms with Gasteiger partial charge in [-0.3, -0.25) is 4.79 Å². The summed E-state index contributed by atoms with van der Waals surface area (Å²) < 4.78 is 5.99. The monoisotopic (exact) mass is 365 g/mol. The lowest BCUT2D eigenvalue weighted by molar-refractivity contribution is 0.0433. The Hall–Kier alpha value is -0.290. The van der Waals surface area contributed by atoms with Gasteiger partial charge in [-0.2, -0.15) is 0 Å². The molecule has 0 aromatic heterocycles. The van der Waals surface area contributed by atoms with Crippen molar-refractivity contribution in [1.29, 1.82) is 0 Å². The van der Waals surface area contributed by atoms with Gasteiger partial charge in [-0.15, -0.1) is 11.6 Å². The van der Waals surface area contributed by atoms with E-state index in [1.807, 2.05) is 0 Å². The molecule has 19 heavy (non-hydrogen) atoms. The summed E-state index contributed by atoms with van der Waals surface area (Å²) in [5.41, 5.74) is 0.177. The number of benzene rings is 1. The van der Waals surface area contributed by atoms with Crippen LogP contribution in [0, 0.1) is 0 Å². The number of ether oxygens (including phenoxy) is 1. The van der Waals surface area contributed by atoms with Crippen LogP contribution in [-0.2, 0) is 4.74 Å². The number of rotatable bonds is 3. The highest BCUT2D eigenvalue weighted by Crippen LogP contribution is 2.25. The molecule has 3 nitrogen and oxygen atoms in total. The average molecular weight is 367 g/mol. The molecule has 1 amide bonds. The number of hydrogen-bond acceptors (Lipinski definition) is 2. The predicted octanol–water partition coefficient (Wildman–Crippen LogP) is 3.62. The standard InChI is InChI=1S/C13H14BrCl2NO2/c14-11-7-9(16)1-2-10(11)12(18)17-13(8-15)3-5-19-6-4-13/h1-2,7H,3-6,8H2,(H,17,18). The molecule has 0 spiro atoms. The van der Waals surface area contributed by atoms with Crippen LogP contribution in [0.2, 0.25) is 5.02 Å². The Morgan fingerprint density at radius 3 is 2.68 bits per heavy atom. The summed E-state index contributed by atoms with van der Waals surface area (Å²) in [7, 11) is 0. The Labute approximate surface area is 130 Å². The predicted molar refractivity (Wildman–Crippen MR) is 80.1 cm³/mol. The van der Waals surface area contributed by atoms with Gasteiger partial charge in [0, 0.05) is 28.6 Å². The van der Waals surface area contributed by atoms with Crippen molar-refractivity contribution in [1.82, 2.24) is 5.32 Å². The summed E-state index contributed by atoms with van der Waals surface area (Å²) in [6.07, 6.45) is 1.46. The van der Waals surface area contributed by atoms with Gasteiger partial charge in [0.1, 0.15) is 0 Å². The number of nitrogens with one attached hydrogen (secondary N) is 1. The van der Waals surface area contributed by atoms with Crippen molar-refractivity contribution in [2.45, 2.75) is 18.4 Å². The largest absolute Gasteiger partial charge is 0.381 e. The molecule has 1 heterocycles. The molecule has 1 fully saturated rings. The van der Waals surface area contributed by atoms with E-state index >= 15 is 0 Å². The highest BCUT2D eigenvalue weighted by atomic mass is 79.9. The highest BCUT2D eigenvalue weighted by Gasteiger charge is 2.33. The average Bonchev–Trinajstić information content (AvgIpc) is 2.39. The molecule has 2 rings (SSSR count). The van der Waals surface area contributed by atoms with Crippen molar-refractivity contribution in [3.8, 4) is 0 Å². The molecule has 0 aliphatic carbocycles. The molecule has 0 radical (unpaired) electrons. The van der Waals surface area contributed by atoms with Gasteiger partial charge in [0.2, 0.25) is 0 Å². The molecule has 0 bridgehead atoms. The lowest BCUT2D eigenvalue weighted by atomic mass is 9.92. The fraction of sp³-hybridized carbons (Fsp3) is 0.462. The molecule has 1 aliphatic heterocycles. The van der Waals surface area contributed by atoms with Crippen LogP contribution in [0.1, 0.15) is 23.2 Å². The smallest absolute Gasteiger partial charge is 0.252 e. The lowest BCUT2D eigenvalue weighted by Gasteiger charge is -2.36. The summed E-state index contributed by atoms with van der Waals surface area (Å²) in [6.45, 7) is 1.24. The van der Waals surface area contributed by atoms with Crippen molar-refractivity contribution in [2.75, 3.05) is 19.1 Å². The van der Waals surface area contributed by atoms with Crippen molar-refractivity contribution >= 4 is 45.0 Å². The SMILES string of the molecule is O=C(NC1(CCl)CCOCC1)c1ccc(Cl)cc1Br. The summed E-state index contributed by atoms with van der Waals surface area (Å²) in [4.78, 5) is 12.3. The van der Waals surface area contributed by atoms with E-state index in [0.29, 0.717) is 34.2 Å². The van der Waals surface area contributed by atoms with Gasteiger partial charge in [0.15, 0.2) is 0 Å². The molecular weight excluding hydrogens is 353 g/mol. The maximum Gasteiger partial charge on any atom is 0.252 e. The first-order chi connectivity index (χ1) is 9.06. The van der Waals surface area contributed by atoms with Gasteiger partial charge >= 0.3 is 0 Å². The molecule has 1 N–H and O–H groups in total. The van der Waals surface area contributed by atoms with E-state index in [9.17, 15) is 4.79 Å². The van der Waals surface area contributed by atoms with E-state index in [0.717, 1.165) is 12.8 Å². The van der Waals surface area contributed by atoms with Crippen molar-refractivity contribution < 1.29 is 9.53 Å². The third kappa shape index (κ3) is 3.63. The van der Waals surface area contributed by atoms with Crippen LogP contribution >= 0.6 is 39.1 Å². The minimum Gasteiger partial charge on any atom is -0.381 e. The van der Waals surface area contributed by atoms with E-state index in [4.69, 9.17) is 27.9 Å². The molecular formula is C13H14BrCl2NO2. The second-order valence-electron chi connectivity index (χ2n) is 4.60. The normalized spacial score (nSPS) is 18.1. The summed E-state index contributed by atoms with van der Waals surface area (Å²) in [5, 5.41) is 3.62.